The van der Waals surface area contributed by atoms with Crippen molar-refractivity contribution in [1.29, 1.82) is 0 Å². The summed E-state index contributed by atoms with van der Waals surface area (Å²) in [4.78, 5) is 16.4. The van der Waals surface area contributed by atoms with Crippen LogP contribution in [0.5, 0.6) is 0 Å². The third-order valence-electron chi connectivity index (χ3n) is 2.09. The molecule has 0 radical (unpaired) electrons. The fraction of sp³-hybridized carbons (Fsp3) is 0.636. The fourth-order valence-electron chi connectivity index (χ4n) is 1.37. The second kappa shape index (κ2) is 5.47. The lowest BCUT2D eigenvalue weighted by molar-refractivity contribution is -0.138. The van der Waals surface area contributed by atoms with E-state index in [4.69, 9.17) is 5.73 Å². The first-order valence-corrected chi connectivity index (χ1v) is 6.57. The van der Waals surface area contributed by atoms with E-state index in [9.17, 15) is 18.0 Å². The van der Waals surface area contributed by atoms with Gasteiger partial charge >= 0.3 is 6.18 Å². The van der Waals surface area contributed by atoms with E-state index < -0.39 is 18.6 Å². The number of hydrogen-bond donors (Lipinski definition) is 2. The van der Waals surface area contributed by atoms with Crippen LogP contribution in [0.1, 0.15) is 30.4 Å². The van der Waals surface area contributed by atoms with Gasteiger partial charge in [-0.15, -0.1) is 0 Å². The molecule has 0 saturated heterocycles. The fourth-order valence-corrected chi connectivity index (χ4v) is 2.46. The van der Waals surface area contributed by atoms with Crippen molar-refractivity contribution >= 4 is 28.2 Å². The van der Waals surface area contributed by atoms with Gasteiger partial charge in [0.1, 0.15) is 17.2 Å². The molecule has 114 valence electrons. The Balaban J connectivity index is 2.89. The van der Waals surface area contributed by atoms with E-state index in [1.54, 1.807) is 0 Å². The van der Waals surface area contributed by atoms with Crippen LogP contribution < -0.4 is 11.1 Å². The normalized spacial score (nSPS) is 12.3. The summed E-state index contributed by atoms with van der Waals surface area (Å²) in [6, 6.07) is 0. The molecule has 0 unspecified atom stereocenters. The molecule has 9 heteroatoms. The molecule has 0 saturated carbocycles. The zero-order valence-corrected chi connectivity index (χ0v) is 12.4. The van der Waals surface area contributed by atoms with E-state index in [0.29, 0.717) is 10.0 Å². The molecule has 1 amide bonds. The van der Waals surface area contributed by atoms with Crippen molar-refractivity contribution in [2.45, 2.75) is 32.5 Å². The van der Waals surface area contributed by atoms with Gasteiger partial charge in [-0.05, 0) is 20.8 Å². The van der Waals surface area contributed by atoms with Gasteiger partial charge in [0, 0.05) is 12.6 Å². The highest BCUT2D eigenvalue weighted by Crippen LogP contribution is 2.28. The number of anilines is 2. The van der Waals surface area contributed by atoms with Crippen molar-refractivity contribution in [3.63, 3.8) is 0 Å². The summed E-state index contributed by atoms with van der Waals surface area (Å²) in [6.07, 6.45) is -4.45. The van der Waals surface area contributed by atoms with Gasteiger partial charge in [-0.25, -0.2) is 4.98 Å². The Morgan fingerprint density at radius 2 is 1.95 bits per heavy atom. The quantitative estimate of drug-likeness (QED) is 0.900. The number of alkyl halides is 3. The number of aromatic nitrogens is 1. The molecular formula is C11H17F3N4OS. The molecule has 0 aliphatic rings. The lowest BCUT2D eigenvalue weighted by Gasteiger charge is -2.19. The maximum absolute atomic E-state index is 12.3. The second-order valence-corrected chi connectivity index (χ2v) is 6.38. The molecule has 0 aromatic carbocycles. The van der Waals surface area contributed by atoms with Crippen LogP contribution in [-0.4, -0.2) is 41.1 Å². The van der Waals surface area contributed by atoms with Gasteiger partial charge < -0.3 is 16.0 Å². The average molecular weight is 310 g/mol. The predicted octanol–water partition coefficient (Wildman–Crippen LogP) is 2.57. The van der Waals surface area contributed by atoms with Gasteiger partial charge in [0.2, 0.25) is 0 Å². The smallest absolute Gasteiger partial charge is 0.382 e. The number of halogens is 3. The van der Waals surface area contributed by atoms with E-state index in [2.05, 4.69) is 10.3 Å². The Morgan fingerprint density at radius 3 is 2.40 bits per heavy atom. The van der Waals surface area contributed by atoms with Gasteiger partial charge in [0.15, 0.2) is 5.13 Å². The number of nitrogens with two attached hydrogens (primary N) is 1. The molecule has 3 N–H and O–H groups in total. The number of nitrogen functional groups attached to an aromatic ring is 1. The van der Waals surface area contributed by atoms with E-state index in [1.807, 2.05) is 20.8 Å². The Morgan fingerprint density at radius 1 is 1.40 bits per heavy atom. The highest BCUT2D eigenvalue weighted by molar-refractivity contribution is 7.18. The van der Waals surface area contributed by atoms with E-state index in [0.717, 1.165) is 18.4 Å². The number of carbonyl (C=O) groups excluding carboxylic acids is 1. The molecule has 1 rings (SSSR count). The minimum Gasteiger partial charge on any atom is -0.382 e. The number of carbonyl (C=O) groups is 1. The monoisotopic (exact) mass is 310 g/mol. The molecule has 1 aromatic heterocycles. The minimum atomic E-state index is -4.45. The summed E-state index contributed by atoms with van der Waals surface area (Å²) in [5, 5.41) is 3.42. The molecule has 0 aliphatic heterocycles. The van der Waals surface area contributed by atoms with Crippen LogP contribution >= 0.6 is 11.3 Å². The zero-order chi connectivity index (χ0) is 15.7. The molecule has 0 aliphatic carbocycles. The molecule has 20 heavy (non-hydrogen) atoms. The zero-order valence-electron chi connectivity index (χ0n) is 11.6. The SMILES string of the molecule is CN(CC(F)(F)F)C(=O)c1sc(NC(C)(C)C)nc1N. The number of hydrogen-bond acceptors (Lipinski definition) is 5. The van der Waals surface area contributed by atoms with E-state index >= 15 is 0 Å². The summed E-state index contributed by atoms with van der Waals surface area (Å²) in [6.45, 7) is 4.34. The van der Waals surface area contributed by atoms with Crippen molar-refractivity contribution < 1.29 is 18.0 Å². The first kappa shape index (κ1) is 16.5. The minimum absolute atomic E-state index is 0.00324. The van der Waals surface area contributed by atoms with Crippen molar-refractivity contribution in [3.05, 3.63) is 4.88 Å². The average Bonchev–Trinajstić information content (AvgIpc) is 2.52. The number of thiazole rings is 1. The molecule has 1 heterocycles. The van der Waals surface area contributed by atoms with Crippen LogP contribution in [0.15, 0.2) is 0 Å². The Hall–Kier alpha value is -1.51. The second-order valence-electron chi connectivity index (χ2n) is 5.38. The number of nitrogens with one attached hydrogen (secondary N) is 1. The highest BCUT2D eigenvalue weighted by Gasteiger charge is 2.33. The van der Waals surface area contributed by atoms with Crippen LogP contribution in [0.25, 0.3) is 0 Å². The molecular weight excluding hydrogens is 293 g/mol. The summed E-state index contributed by atoms with van der Waals surface area (Å²) >= 11 is 0.943. The third kappa shape index (κ3) is 4.87. The van der Waals surface area contributed by atoms with E-state index in [1.165, 1.54) is 0 Å². The Kier molecular flexibility index (Phi) is 4.52. The van der Waals surface area contributed by atoms with Crippen molar-refractivity contribution in [1.82, 2.24) is 9.88 Å². The summed E-state index contributed by atoms with van der Waals surface area (Å²) < 4.78 is 36.8. The highest BCUT2D eigenvalue weighted by atomic mass is 32.1. The maximum Gasteiger partial charge on any atom is 0.406 e. The standard InChI is InChI=1S/C11H17F3N4OS/c1-10(2,3)17-9-16-7(15)6(20-9)8(19)18(4)5-11(12,13)14/h5,15H2,1-4H3,(H,16,17). The predicted molar refractivity (Wildman–Crippen MR) is 72.9 cm³/mol. The maximum atomic E-state index is 12.3. The number of nitrogens with zero attached hydrogens (tertiary/aromatic N) is 2. The summed E-state index contributed by atoms with van der Waals surface area (Å²) in [5.41, 5.74) is 5.30. The molecule has 0 fully saturated rings. The van der Waals surface area contributed by atoms with Crippen molar-refractivity contribution in [3.8, 4) is 0 Å². The summed E-state index contributed by atoms with van der Waals surface area (Å²) in [5.74, 6) is -0.861. The van der Waals surface area contributed by atoms with Gasteiger partial charge in [0.05, 0.1) is 0 Å². The first-order chi connectivity index (χ1) is 8.89. The van der Waals surface area contributed by atoms with Crippen LogP contribution in [-0.2, 0) is 0 Å². The van der Waals surface area contributed by atoms with Crippen LogP contribution in [0, 0.1) is 0 Å². The Labute approximate surface area is 119 Å². The molecule has 0 atom stereocenters. The molecule has 5 nitrogen and oxygen atoms in total. The molecule has 1 aromatic rings. The van der Waals surface area contributed by atoms with Crippen molar-refractivity contribution in [2.75, 3.05) is 24.6 Å². The van der Waals surface area contributed by atoms with Crippen molar-refractivity contribution in [2.24, 2.45) is 0 Å². The largest absolute Gasteiger partial charge is 0.406 e. The third-order valence-corrected chi connectivity index (χ3v) is 3.07. The van der Waals surface area contributed by atoms with Crippen LogP contribution in [0.2, 0.25) is 0 Å². The van der Waals surface area contributed by atoms with E-state index in [-0.39, 0.29) is 16.2 Å². The topological polar surface area (TPSA) is 71.2 Å². The van der Waals surface area contributed by atoms with Gasteiger partial charge in [-0.3, -0.25) is 4.79 Å². The van der Waals surface area contributed by atoms with Gasteiger partial charge in [0.25, 0.3) is 5.91 Å². The lowest BCUT2D eigenvalue weighted by atomic mass is 10.1. The Bertz CT molecular complexity index is 493. The number of amides is 1. The lowest BCUT2D eigenvalue weighted by Crippen LogP contribution is -2.35. The molecule has 0 spiro atoms. The van der Waals surface area contributed by atoms with Crippen LogP contribution in [0.4, 0.5) is 24.1 Å². The number of rotatable bonds is 3. The molecule has 0 bridgehead atoms. The van der Waals surface area contributed by atoms with Gasteiger partial charge in [-0.1, -0.05) is 11.3 Å². The first-order valence-electron chi connectivity index (χ1n) is 5.76. The van der Waals surface area contributed by atoms with Crippen LogP contribution in [0.3, 0.4) is 0 Å². The summed E-state index contributed by atoms with van der Waals surface area (Å²) in [7, 11) is 1.08. The van der Waals surface area contributed by atoms with Gasteiger partial charge in [-0.2, -0.15) is 13.2 Å².